The standard InChI is InChI=1S/C16H19FN4O4S/c1-20-9-14(19-10-20)26(22,23)21-7-8-24-13-5-4-12(21)15(13)25-16-11(17)3-2-6-18-16/h2-3,6,9-10,12-13,15H,4-5,7-8H2,1H3. The number of hydrogen-bond acceptors (Lipinski definition) is 6. The highest BCUT2D eigenvalue weighted by Gasteiger charge is 2.48. The highest BCUT2D eigenvalue weighted by Crippen LogP contribution is 2.35. The molecule has 10 heteroatoms. The van der Waals surface area contributed by atoms with Crippen LogP contribution in [0.15, 0.2) is 35.9 Å². The van der Waals surface area contributed by atoms with Crippen molar-refractivity contribution in [3.63, 3.8) is 0 Å². The smallest absolute Gasteiger partial charge is 0.262 e. The van der Waals surface area contributed by atoms with Crippen molar-refractivity contribution in [1.29, 1.82) is 0 Å². The van der Waals surface area contributed by atoms with Crippen LogP contribution in [0.4, 0.5) is 4.39 Å². The number of halogens is 1. The molecule has 0 radical (unpaired) electrons. The van der Waals surface area contributed by atoms with Gasteiger partial charge in [-0.25, -0.2) is 22.8 Å². The third-order valence-electron chi connectivity index (χ3n) is 4.73. The molecule has 2 fully saturated rings. The van der Waals surface area contributed by atoms with Gasteiger partial charge in [0.25, 0.3) is 15.9 Å². The third kappa shape index (κ3) is 2.97. The van der Waals surface area contributed by atoms with Gasteiger partial charge in [-0.1, -0.05) is 0 Å². The number of rotatable bonds is 4. The first kappa shape index (κ1) is 17.4. The first-order chi connectivity index (χ1) is 12.5. The van der Waals surface area contributed by atoms with Crippen molar-refractivity contribution < 1.29 is 22.3 Å². The normalized spacial score (nSPS) is 26.6. The summed E-state index contributed by atoms with van der Waals surface area (Å²) in [6, 6.07) is 2.26. The van der Waals surface area contributed by atoms with Gasteiger partial charge in [-0.05, 0) is 25.0 Å². The van der Waals surface area contributed by atoms with Crippen LogP contribution in [0.5, 0.6) is 5.88 Å². The first-order valence-electron chi connectivity index (χ1n) is 8.35. The Morgan fingerprint density at radius 1 is 1.35 bits per heavy atom. The highest BCUT2D eigenvalue weighted by atomic mass is 32.2. The first-order valence-corrected chi connectivity index (χ1v) is 9.79. The highest BCUT2D eigenvalue weighted by molar-refractivity contribution is 7.89. The number of imidazole rings is 1. The van der Waals surface area contributed by atoms with Gasteiger partial charge in [0.05, 0.1) is 25.1 Å². The van der Waals surface area contributed by atoms with Crippen molar-refractivity contribution in [3.05, 3.63) is 36.7 Å². The molecule has 3 heterocycles. The minimum Gasteiger partial charge on any atom is -0.468 e. The Balaban J connectivity index is 1.66. The van der Waals surface area contributed by atoms with Crippen LogP contribution in [0.3, 0.4) is 0 Å². The lowest BCUT2D eigenvalue weighted by atomic mass is 10.2. The molecule has 2 aliphatic rings. The van der Waals surface area contributed by atoms with Gasteiger partial charge in [-0.2, -0.15) is 4.31 Å². The van der Waals surface area contributed by atoms with E-state index in [1.807, 2.05) is 0 Å². The lowest BCUT2D eigenvalue weighted by Gasteiger charge is -2.29. The number of pyridine rings is 1. The number of sulfonamides is 1. The maximum atomic E-state index is 13.9. The molecular weight excluding hydrogens is 363 g/mol. The van der Waals surface area contributed by atoms with Crippen LogP contribution in [-0.2, 0) is 21.8 Å². The molecule has 1 saturated carbocycles. The molecule has 8 nitrogen and oxygen atoms in total. The van der Waals surface area contributed by atoms with Crippen LogP contribution in [-0.4, -0.2) is 58.7 Å². The maximum absolute atomic E-state index is 13.9. The van der Waals surface area contributed by atoms with Gasteiger partial charge in [0.15, 0.2) is 10.8 Å². The van der Waals surface area contributed by atoms with Crippen LogP contribution in [0, 0.1) is 5.82 Å². The van der Waals surface area contributed by atoms with E-state index in [-0.39, 0.29) is 30.2 Å². The number of nitrogens with zero attached hydrogens (tertiary/aromatic N) is 4. The average molecular weight is 382 g/mol. The zero-order valence-corrected chi connectivity index (χ0v) is 15.0. The molecule has 0 aromatic carbocycles. The Morgan fingerprint density at radius 3 is 2.92 bits per heavy atom. The van der Waals surface area contributed by atoms with Crippen molar-refractivity contribution in [2.45, 2.75) is 36.1 Å². The molecule has 0 amide bonds. The molecule has 1 aliphatic heterocycles. The summed E-state index contributed by atoms with van der Waals surface area (Å²) >= 11 is 0. The lowest BCUT2D eigenvalue weighted by Crippen LogP contribution is -2.47. The van der Waals surface area contributed by atoms with E-state index < -0.39 is 28.0 Å². The summed E-state index contributed by atoms with van der Waals surface area (Å²) in [4.78, 5) is 7.89. The van der Waals surface area contributed by atoms with Gasteiger partial charge < -0.3 is 14.0 Å². The monoisotopic (exact) mass is 382 g/mol. The van der Waals surface area contributed by atoms with Crippen LogP contribution < -0.4 is 4.74 Å². The van der Waals surface area contributed by atoms with E-state index in [9.17, 15) is 12.8 Å². The molecule has 3 unspecified atom stereocenters. The van der Waals surface area contributed by atoms with Crippen LogP contribution in [0.1, 0.15) is 12.8 Å². The second kappa shape index (κ2) is 6.60. The van der Waals surface area contributed by atoms with E-state index in [1.165, 1.54) is 35.2 Å². The van der Waals surface area contributed by atoms with Gasteiger partial charge in [0.2, 0.25) is 0 Å². The maximum Gasteiger partial charge on any atom is 0.262 e. The second-order valence-electron chi connectivity index (χ2n) is 6.42. The summed E-state index contributed by atoms with van der Waals surface area (Å²) in [6.45, 7) is 0.447. The molecule has 1 saturated heterocycles. The zero-order valence-electron chi connectivity index (χ0n) is 14.2. The third-order valence-corrected chi connectivity index (χ3v) is 6.54. The topological polar surface area (TPSA) is 86.6 Å². The minimum absolute atomic E-state index is 0.0203. The van der Waals surface area contributed by atoms with Crippen LogP contribution in [0.2, 0.25) is 0 Å². The van der Waals surface area contributed by atoms with Crippen LogP contribution in [0.25, 0.3) is 0 Å². The number of fused-ring (bicyclic) bond motifs is 2. The van der Waals surface area contributed by atoms with Crippen molar-refractivity contribution in [3.8, 4) is 5.88 Å². The van der Waals surface area contributed by atoms with Crippen molar-refractivity contribution >= 4 is 10.0 Å². The quantitative estimate of drug-likeness (QED) is 0.783. The second-order valence-corrected chi connectivity index (χ2v) is 8.26. The zero-order chi connectivity index (χ0) is 18.3. The number of ether oxygens (including phenoxy) is 2. The van der Waals surface area contributed by atoms with Gasteiger partial charge >= 0.3 is 0 Å². The molecule has 140 valence electrons. The molecule has 2 bridgehead atoms. The molecule has 1 aliphatic carbocycles. The number of aromatic nitrogens is 3. The van der Waals surface area contributed by atoms with Crippen molar-refractivity contribution in [1.82, 2.24) is 18.8 Å². The number of hydrogen-bond donors (Lipinski definition) is 0. The Labute approximate surface area is 150 Å². The Bertz CT molecular complexity index is 903. The Hall–Kier alpha value is -2.04. The molecule has 3 atom stereocenters. The molecule has 0 spiro atoms. The number of aryl methyl sites for hydroxylation is 1. The Kier molecular flexibility index (Phi) is 4.41. The lowest BCUT2D eigenvalue weighted by molar-refractivity contribution is 0.000676. The molecule has 0 N–H and O–H groups in total. The predicted molar refractivity (Wildman–Crippen MR) is 88.5 cm³/mol. The van der Waals surface area contributed by atoms with E-state index in [1.54, 1.807) is 11.6 Å². The van der Waals surface area contributed by atoms with E-state index in [2.05, 4.69) is 9.97 Å². The van der Waals surface area contributed by atoms with E-state index >= 15 is 0 Å². The SMILES string of the molecule is Cn1cnc(S(=O)(=O)N2CCOC3CCC2C3Oc2ncccc2F)c1. The summed E-state index contributed by atoms with van der Waals surface area (Å²) in [5, 5.41) is -0.0203. The van der Waals surface area contributed by atoms with Crippen molar-refractivity contribution in [2.24, 2.45) is 7.05 Å². The summed E-state index contributed by atoms with van der Waals surface area (Å²) in [7, 11) is -2.10. The van der Waals surface area contributed by atoms with E-state index in [4.69, 9.17) is 9.47 Å². The largest absolute Gasteiger partial charge is 0.468 e. The minimum atomic E-state index is -3.81. The molecule has 2 aromatic rings. The molecule has 4 rings (SSSR count). The van der Waals surface area contributed by atoms with Gasteiger partial charge in [-0.3, -0.25) is 0 Å². The van der Waals surface area contributed by atoms with Crippen molar-refractivity contribution in [2.75, 3.05) is 13.2 Å². The van der Waals surface area contributed by atoms with Gasteiger partial charge in [-0.15, -0.1) is 0 Å². The van der Waals surface area contributed by atoms with Gasteiger partial charge in [0, 0.05) is 26.0 Å². The fourth-order valence-corrected chi connectivity index (χ4v) is 5.16. The molecular formula is C16H19FN4O4S. The molecule has 2 aromatic heterocycles. The average Bonchev–Trinajstić information content (AvgIpc) is 3.14. The van der Waals surface area contributed by atoms with Gasteiger partial charge in [0.1, 0.15) is 6.10 Å². The Morgan fingerprint density at radius 2 is 2.19 bits per heavy atom. The fraction of sp³-hybridized carbons (Fsp3) is 0.500. The van der Waals surface area contributed by atoms with E-state index in [0.29, 0.717) is 12.8 Å². The summed E-state index contributed by atoms with van der Waals surface area (Å²) in [5.41, 5.74) is 0. The van der Waals surface area contributed by atoms with E-state index in [0.717, 1.165) is 0 Å². The molecule has 26 heavy (non-hydrogen) atoms. The summed E-state index contributed by atoms with van der Waals surface area (Å²) in [5.74, 6) is -0.731. The summed E-state index contributed by atoms with van der Waals surface area (Å²) < 4.78 is 54.6. The predicted octanol–water partition coefficient (Wildman–Crippen LogP) is 0.954. The van der Waals surface area contributed by atoms with Crippen LogP contribution >= 0.6 is 0 Å². The summed E-state index contributed by atoms with van der Waals surface area (Å²) in [6.07, 6.45) is 4.61. The fourth-order valence-electron chi connectivity index (χ4n) is 3.54.